The number of hydrogen-bond donors (Lipinski definition) is 1. The topological polar surface area (TPSA) is 38.5 Å². The van der Waals surface area contributed by atoms with Gasteiger partial charge in [-0.05, 0) is 43.4 Å². The summed E-state index contributed by atoms with van der Waals surface area (Å²) < 4.78 is 5.57. The summed E-state index contributed by atoms with van der Waals surface area (Å²) in [6.45, 7) is 5.74. The number of likely N-dealkylation sites (N-methyl/N-ethyl adjacent to an activating group) is 1. The molecule has 0 aromatic heterocycles. The fraction of sp³-hybridized carbons (Fsp3) is 0.647. The third kappa shape index (κ3) is 4.05. The average molecular weight is 276 g/mol. The molecule has 20 heavy (non-hydrogen) atoms. The van der Waals surface area contributed by atoms with E-state index in [0.717, 1.165) is 26.2 Å². The molecule has 0 saturated carbocycles. The van der Waals surface area contributed by atoms with Crippen LogP contribution in [0.3, 0.4) is 0 Å². The minimum absolute atomic E-state index is 0.308. The van der Waals surface area contributed by atoms with Gasteiger partial charge in [-0.25, -0.2) is 0 Å². The highest BCUT2D eigenvalue weighted by Gasteiger charge is 2.21. The van der Waals surface area contributed by atoms with E-state index in [-0.39, 0.29) is 0 Å². The van der Waals surface area contributed by atoms with Crippen molar-refractivity contribution in [2.24, 2.45) is 11.7 Å². The molecule has 3 heteroatoms. The van der Waals surface area contributed by atoms with Crippen molar-refractivity contribution >= 4 is 0 Å². The summed E-state index contributed by atoms with van der Waals surface area (Å²) in [7, 11) is 2.18. The quantitative estimate of drug-likeness (QED) is 0.868. The van der Waals surface area contributed by atoms with E-state index >= 15 is 0 Å². The average Bonchev–Trinajstić information content (AvgIpc) is 2.49. The van der Waals surface area contributed by atoms with Gasteiger partial charge in [0.2, 0.25) is 0 Å². The van der Waals surface area contributed by atoms with Crippen molar-refractivity contribution in [3.05, 3.63) is 35.4 Å². The van der Waals surface area contributed by atoms with Gasteiger partial charge in [-0.1, -0.05) is 31.2 Å². The fourth-order valence-electron chi connectivity index (χ4n) is 3.03. The molecule has 2 unspecified atom stereocenters. The molecule has 1 aliphatic heterocycles. The summed E-state index contributed by atoms with van der Waals surface area (Å²) in [5, 5.41) is 0. The van der Waals surface area contributed by atoms with Crippen LogP contribution < -0.4 is 5.73 Å². The van der Waals surface area contributed by atoms with Crippen LogP contribution in [0.25, 0.3) is 0 Å². The van der Waals surface area contributed by atoms with Gasteiger partial charge in [0.05, 0.1) is 6.61 Å². The van der Waals surface area contributed by atoms with E-state index in [1.807, 2.05) is 0 Å². The predicted molar refractivity (Wildman–Crippen MR) is 83.8 cm³/mol. The molecule has 1 saturated heterocycles. The third-order valence-corrected chi connectivity index (χ3v) is 4.33. The Balaban J connectivity index is 1.98. The van der Waals surface area contributed by atoms with Gasteiger partial charge in [0.1, 0.15) is 0 Å². The van der Waals surface area contributed by atoms with Gasteiger partial charge in [0.15, 0.2) is 0 Å². The van der Waals surface area contributed by atoms with Gasteiger partial charge >= 0.3 is 0 Å². The lowest BCUT2D eigenvalue weighted by atomic mass is 9.98. The molecule has 0 radical (unpaired) electrons. The molecule has 1 heterocycles. The molecule has 1 aliphatic rings. The minimum atomic E-state index is 0.308. The molecule has 112 valence electrons. The number of hydrogen-bond acceptors (Lipinski definition) is 3. The molecule has 0 bridgehead atoms. The number of nitrogens with zero attached hydrogens (tertiary/aromatic N) is 1. The van der Waals surface area contributed by atoms with Gasteiger partial charge in [0, 0.05) is 25.7 Å². The smallest absolute Gasteiger partial charge is 0.0506 e. The number of nitrogens with two attached hydrogens (primary N) is 1. The van der Waals surface area contributed by atoms with Crippen LogP contribution in [-0.2, 0) is 11.2 Å². The molecule has 2 N–H and O–H groups in total. The van der Waals surface area contributed by atoms with Crippen molar-refractivity contribution in [2.45, 2.75) is 32.2 Å². The molecule has 1 aromatic carbocycles. The zero-order valence-electron chi connectivity index (χ0n) is 12.8. The van der Waals surface area contributed by atoms with Gasteiger partial charge in [0.25, 0.3) is 0 Å². The SMILES string of the molecule is CCc1ccc(C(CN)N(C)CC2CCCOC2)cc1. The van der Waals surface area contributed by atoms with Crippen LogP contribution >= 0.6 is 0 Å². The van der Waals surface area contributed by atoms with Crippen LogP contribution in [0.15, 0.2) is 24.3 Å². The van der Waals surface area contributed by atoms with Crippen molar-refractivity contribution < 1.29 is 4.74 Å². The summed E-state index contributed by atoms with van der Waals surface area (Å²) in [4.78, 5) is 2.39. The summed E-state index contributed by atoms with van der Waals surface area (Å²) in [6.07, 6.45) is 3.55. The Labute approximate surface area is 123 Å². The second kappa shape index (κ2) is 7.77. The van der Waals surface area contributed by atoms with Gasteiger partial charge in [-0.15, -0.1) is 0 Å². The molecule has 2 rings (SSSR count). The second-order valence-corrected chi connectivity index (χ2v) is 5.87. The first kappa shape index (κ1) is 15.5. The van der Waals surface area contributed by atoms with E-state index in [1.54, 1.807) is 0 Å². The van der Waals surface area contributed by atoms with Crippen molar-refractivity contribution in [1.29, 1.82) is 0 Å². The minimum Gasteiger partial charge on any atom is -0.381 e. The van der Waals surface area contributed by atoms with Gasteiger partial charge in [-0.2, -0.15) is 0 Å². The van der Waals surface area contributed by atoms with E-state index in [9.17, 15) is 0 Å². The monoisotopic (exact) mass is 276 g/mol. The molecule has 1 aromatic rings. The number of benzene rings is 1. The number of ether oxygens (including phenoxy) is 1. The lowest BCUT2D eigenvalue weighted by Crippen LogP contribution is -2.36. The Hall–Kier alpha value is -0.900. The normalized spacial score (nSPS) is 21.1. The maximum atomic E-state index is 6.01. The van der Waals surface area contributed by atoms with E-state index < -0.39 is 0 Å². The van der Waals surface area contributed by atoms with Gasteiger partial charge < -0.3 is 10.5 Å². The highest BCUT2D eigenvalue weighted by molar-refractivity contribution is 5.25. The molecule has 0 amide bonds. The maximum Gasteiger partial charge on any atom is 0.0506 e. The zero-order valence-corrected chi connectivity index (χ0v) is 12.8. The lowest BCUT2D eigenvalue weighted by molar-refractivity contribution is 0.0365. The fourth-order valence-corrected chi connectivity index (χ4v) is 3.03. The third-order valence-electron chi connectivity index (χ3n) is 4.33. The highest BCUT2D eigenvalue weighted by Crippen LogP contribution is 2.22. The zero-order chi connectivity index (χ0) is 14.4. The molecule has 1 fully saturated rings. The van der Waals surface area contributed by atoms with Crippen LogP contribution in [0.5, 0.6) is 0 Å². The number of rotatable bonds is 6. The van der Waals surface area contributed by atoms with Crippen molar-refractivity contribution in [3.8, 4) is 0 Å². The van der Waals surface area contributed by atoms with Crippen LogP contribution in [0.4, 0.5) is 0 Å². The van der Waals surface area contributed by atoms with Gasteiger partial charge in [-0.3, -0.25) is 4.90 Å². The van der Waals surface area contributed by atoms with E-state index in [4.69, 9.17) is 10.5 Å². The maximum absolute atomic E-state index is 6.01. The van der Waals surface area contributed by atoms with Crippen molar-refractivity contribution in [3.63, 3.8) is 0 Å². The molecule has 0 spiro atoms. The molecular weight excluding hydrogens is 248 g/mol. The van der Waals surface area contributed by atoms with Crippen LogP contribution in [0, 0.1) is 5.92 Å². The molecular formula is C17H28N2O. The lowest BCUT2D eigenvalue weighted by Gasteiger charge is -2.32. The van der Waals surface area contributed by atoms with Crippen LogP contribution in [-0.4, -0.2) is 38.3 Å². The second-order valence-electron chi connectivity index (χ2n) is 5.87. The standard InChI is InChI=1S/C17H28N2O/c1-3-14-6-8-16(9-7-14)17(11-18)19(2)12-15-5-4-10-20-13-15/h6-9,15,17H,3-5,10-13,18H2,1-2H3. The van der Waals surface area contributed by atoms with E-state index in [0.29, 0.717) is 18.5 Å². The first-order valence-electron chi connectivity index (χ1n) is 7.81. The Morgan fingerprint density at radius 1 is 1.35 bits per heavy atom. The first-order chi connectivity index (χ1) is 9.74. The van der Waals surface area contributed by atoms with Crippen molar-refractivity contribution in [1.82, 2.24) is 4.90 Å². The Morgan fingerprint density at radius 2 is 2.10 bits per heavy atom. The summed E-state index contributed by atoms with van der Waals surface area (Å²) >= 11 is 0. The van der Waals surface area contributed by atoms with E-state index in [2.05, 4.69) is 43.1 Å². The van der Waals surface area contributed by atoms with Crippen molar-refractivity contribution in [2.75, 3.05) is 33.4 Å². The summed E-state index contributed by atoms with van der Waals surface area (Å²) in [5.74, 6) is 0.651. The summed E-state index contributed by atoms with van der Waals surface area (Å²) in [5.41, 5.74) is 8.71. The van der Waals surface area contributed by atoms with E-state index in [1.165, 1.54) is 24.0 Å². The molecule has 2 atom stereocenters. The predicted octanol–water partition coefficient (Wildman–Crippen LogP) is 2.61. The van der Waals surface area contributed by atoms with Crippen LogP contribution in [0.2, 0.25) is 0 Å². The Kier molecular flexibility index (Phi) is 6.02. The molecule has 3 nitrogen and oxygen atoms in total. The van der Waals surface area contributed by atoms with Crippen LogP contribution in [0.1, 0.15) is 36.9 Å². The molecule has 0 aliphatic carbocycles. The first-order valence-corrected chi connectivity index (χ1v) is 7.81. The number of aryl methyl sites for hydroxylation is 1. The summed E-state index contributed by atoms with van der Waals surface area (Å²) in [6, 6.07) is 9.20. The largest absolute Gasteiger partial charge is 0.381 e. The Bertz CT molecular complexity index is 384. The Morgan fingerprint density at radius 3 is 2.65 bits per heavy atom. The highest BCUT2D eigenvalue weighted by atomic mass is 16.5.